The van der Waals surface area contributed by atoms with E-state index in [2.05, 4.69) is 65.9 Å². The first-order valence-electron chi connectivity index (χ1n) is 5.30. The van der Waals surface area contributed by atoms with Crippen LogP contribution in [0.2, 0.25) is 0 Å². The predicted molar refractivity (Wildman–Crippen MR) is 58.2 cm³/mol. The maximum absolute atomic E-state index is 2.18. The molecule has 0 saturated carbocycles. The molecule has 0 atom stereocenters. The second-order valence-electron chi connectivity index (χ2n) is 3.58. The fourth-order valence-corrected chi connectivity index (χ4v) is 1.72. The normalized spacial score (nSPS) is 10.3. The number of nitrogens with zero attached hydrogens (tertiary/aromatic N) is 2. The maximum atomic E-state index is 2.18. The molecule has 2 nitrogen and oxygen atoms in total. The standard InChI is InChI=1S/C13H16N2/c1-3-13-9-5-7-11-15(13)14-10-6-4-8-12(14)2/h4-11H,3H2,1-2H3/q+2. The van der Waals surface area contributed by atoms with Crippen molar-refractivity contribution in [2.75, 3.05) is 0 Å². The monoisotopic (exact) mass is 200 g/mol. The van der Waals surface area contributed by atoms with Crippen molar-refractivity contribution in [3.8, 4) is 0 Å². The minimum Gasteiger partial charge on any atom is -0.0552 e. The molecule has 0 radical (unpaired) electrons. The molecule has 76 valence electrons. The lowest BCUT2D eigenvalue weighted by atomic mass is 10.3. The Morgan fingerprint density at radius 1 is 0.933 bits per heavy atom. The topological polar surface area (TPSA) is 7.76 Å². The first-order valence-corrected chi connectivity index (χ1v) is 5.30. The summed E-state index contributed by atoms with van der Waals surface area (Å²) in [6, 6.07) is 12.5. The molecule has 2 heterocycles. The van der Waals surface area contributed by atoms with Crippen LogP contribution in [0.25, 0.3) is 0 Å². The third-order valence-corrected chi connectivity index (χ3v) is 2.55. The van der Waals surface area contributed by atoms with Gasteiger partial charge in [0.15, 0.2) is 0 Å². The van der Waals surface area contributed by atoms with E-state index in [0.29, 0.717) is 0 Å². The minimum absolute atomic E-state index is 1.03. The van der Waals surface area contributed by atoms with Crippen LogP contribution in [0.4, 0.5) is 0 Å². The Hall–Kier alpha value is -1.70. The highest BCUT2D eigenvalue weighted by Gasteiger charge is 2.19. The van der Waals surface area contributed by atoms with Gasteiger partial charge in [-0.25, -0.2) is 0 Å². The summed E-state index contributed by atoms with van der Waals surface area (Å²) < 4.78 is 4.33. The summed E-state index contributed by atoms with van der Waals surface area (Å²) >= 11 is 0. The molecule has 0 fully saturated rings. The molecular formula is C13H16N2+2. The van der Waals surface area contributed by atoms with E-state index in [1.54, 1.807) is 0 Å². The zero-order chi connectivity index (χ0) is 10.7. The average molecular weight is 200 g/mol. The third-order valence-electron chi connectivity index (χ3n) is 2.55. The molecule has 0 aromatic carbocycles. The first kappa shape index (κ1) is 9.84. The first-order chi connectivity index (χ1) is 7.33. The van der Waals surface area contributed by atoms with E-state index in [-0.39, 0.29) is 0 Å². The molecule has 0 spiro atoms. The second kappa shape index (κ2) is 4.22. The SMILES string of the molecule is CCc1cccc[n+]1-[n+]1ccccc1C. The molecule has 0 unspecified atom stereocenters. The lowest BCUT2D eigenvalue weighted by molar-refractivity contribution is -1.30. The van der Waals surface area contributed by atoms with Crippen LogP contribution in [-0.2, 0) is 6.42 Å². The summed E-state index contributed by atoms with van der Waals surface area (Å²) in [7, 11) is 0. The second-order valence-corrected chi connectivity index (χ2v) is 3.58. The molecule has 0 aliphatic carbocycles. The maximum Gasteiger partial charge on any atom is 0.253 e. The smallest absolute Gasteiger partial charge is 0.0552 e. The summed E-state index contributed by atoms with van der Waals surface area (Å²) in [6.45, 7) is 4.28. The molecule has 2 aromatic heterocycles. The van der Waals surface area contributed by atoms with Crippen LogP contribution in [-0.4, -0.2) is 0 Å². The van der Waals surface area contributed by atoms with Crippen molar-refractivity contribution in [3.63, 3.8) is 0 Å². The van der Waals surface area contributed by atoms with Crippen LogP contribution in [0, 0.1) is 6.92 Å². The molecule has 0 aliphatic heterocycles. The van der Waals surface area contributed by atoms with E-state index in [0.717, 1.165) is 6.42 Å². The molecular weight excluding hydrogens is 184 g/mol. The molecule has 0 N–H and O–H groups in total. The van der Waals surface area contributed by atoms with Crippen LogP contribution >= 0.6 is 0 Å². The molecule has 0 amide bonds. The summed E-state index contributed by atoms with van der Waals surface area (Å²) in [5.41, 5.74) is 2.53. The van der Waals surface area contributed by atoms with Gasteiger partial charge in [0.2, 0.25) is 12.4 Å². The zero-order valence-corrected chi connectivity index (χ0v) is 9.22. The Balaban J connectivity index is 2.59. The Kier molecular flexibility index (Phi) is 2.77. The van der Waals surface area contributed by atoms with Crippen LogP contribution in [0.1, 0.15) is 18.3 Å². The van der Waals surface area contributed by atoms with Crippen LogP contribution in [0.3, 0.4) is 0 Å². The highest BCUT2D eigenvalue weighted by molar-refractivity contribution is 4.97. The predicted octanol–water partition coefficient (Wildman–Crippen LogP) is 1.44. The van der Waals surface area contributed by atoms with Gasteiger partial charge in [-0.05, 0) is 12.1 Å². The fraction of sp³-hybridized carbons (Fsp3) is 0.231. The Bertz CT molecular complexity index is 464. The number of hydrogen-bond donors (Lipinski definition) is 0. The number of rotatable bonds is 2. The van der Waals surface area contributed by atoms with Gasteiger partial charge in [-0.3, -0.25) is 0 Å². The summed E-state index contributed by atoms with van der Waals surface area (Å²) in [4.78, 5) is 0. The Morgan fingerprint density at radius 2 is 1.60 bits per heavy atom. The van der Waals surface area contributed by atoms with Gasteiger partial charge in [-0.1, -0.05) is 6.92 Å². The van der Waals surface area contributed by atoms with Gasteiger partial charge >= 0.3 is 0 Å². The zero-order valence-electron chi connectivity index (χ0n) is 9.22. The summed E-state index contributed by atoms with van der Waals surface area (Å²) in [5.74, 6) is 0. The number of hydrogen-bond acceptors (Lipinski definition) is 0. The van der Waals surface area contributed by atoms with Crippen molar-refractivity contribution in [1.29, 1.82) is 0 Å². The van der Waals surface area contributed by atoms with Crippen molar-refractivity contribution >= 4 is 0 Å². The molecule has 15 heavy (non-hydrogen) atoms. The van der Waals surface area contributed by atoms with Crippen molar-refractivity contribution < 1.29 is 9.35 Å². The minimum atomic E-state index is 1.03. The largest absolute Gasteiger partial charge is 0.253 e. The summed E-state index contributed by atoms with van der Waals surface area (Å²) in [5, 5.41) is 0. The Labute approximate surface area is 90.4 Å². The van der Waals surface area contributed by atoms with Crippen molar-refractivity contribution in [3.05, 3.63) is 60.2 Å². The van der Waals surface area contributed by atoms with Gasteiger partial charge < -0.3 is 0 Å². The average Bonchev–Trinajstić information content (AvgIpc) is 2.30. The van der Waals surface area contributed by atoms with Gasteiger partial charge in [0.05, 0.1) is 9.35 Å². The van der Waals surface area contributed by atoms with Crippen LogP contribution < -0.4 is 9.35 Å². The van der Waals surface area contributed by atoms with Crippen molar-refractivity contribution in [2.24, 2.45) is 0 Å². The van der Waals surface area contributed by atoms with Gasteiger partial charge in [0.1, 0.15) is 0 Å². The lowest BCUT2D eigenvalue weighted by Crippen LogP contribution is -2.69. The van der Waals surface area contributed by atoms with E-state index < -0.39 is 0 Å². The third kappa shape index (κ3) is 1.89. The molecule has 2 aromatic rings. The van der Waals surface area contributed by atoms with E-state index in [1.807, 2.05) is 6.07 Å². The molecule has 2 rings (SSSR count). The number of aromatic nitrogens is 2. The van der Waals surface area contributed by atoms with E-state index in [9.17, 15) is 0 Å². The van der Waals surface area contributed by atoms with E-state index in [4.69, 9.17) is 0 Å². The van der Waals surface area contributed by atoms with Gasteiger partial charge in [-0.15, -0.1) is 0 Å². The van der Waals surface area contributed by atoms with E-state index in [1.165, 1.54) is 11.4 Å². The highest BCUT2D eigenvalue weighted by atomic mass is 15.4. The number of aryl methyl sites for hydroxylation is 2. The molecule has 0 bridgehead atoms. The van der Waals surface area contributed by atoms with Crippen molar-refractivity contribution in [2.45, 2.75) is 20.3 Å². The lowest BCUT2D eigenvalue weighted by Gasteiger charge is -1.95. The molecule has 0 saturated heterocycles. The molecule has 2 heteroatoms. The number of pyridine rings is 2. The van der Waals surface area contributed by atoms with E-state index >= 15 is 0 Å². The molecule has 0 aliphatic rings. The fourth-order valence-electron chi connectivity index (χ4n) is 1.72. The van der Waals surface area contributed by atoms with Gasteiger partial charge in [-0.2, -0.15) is 0 Å². The quantitative estimate of drug-likeness (QED) is 0.648. The van der Waals surface area contributed by atoms with Gasteiger partial charge in [0, 0.05) is 37.6 Å². The summed E-state index contributed by atoms with van der Waals surface area (Å²) in [6.07, 6.45) is 5.20. The van der Waals surface area contributed by atoms with Gasteiger partial charge in [0.25, 0.3) is 11.4 Å². The van der Waals surface area contributed by atoms with Crippen LogP contribution in [0.15, 0.2) is 48.8 Å². The van der Waals surface area contributed by atoms with Crippen molar-refractivity contribution in [1.82, 2.24) is 0 Å². The van der Waals surface area contributed by atoms with Crippen LogP contribution in [0.5, 0.6) is 0 Å². The Morgan fingerprint density at radius 3 is 2.27 bits per heavy atom. The highest BCUT2D eigenvalue weighted by Crippen LogP contribution is 1.92.